The van der Waals surface area contributed by atoms with E-state index in [1.807, 2.05) is 7.05 Å². The summed E-state index contributed by atoms with van der Waals surface area (Å²) in [5, 5.41) is 1.27. The van der Waals surface area contributed by atoms with Crippen molar-refractivity contribution in [3.63, 3.8) is 0 Å². The Labute approximate surface area is 79.9 Å². The van der Waals surface area contributed by atoms with Crippen molar-refractivity contribution in [3.8, 4) is 0 Å². The molecule has 0 bridgehead atoms. The van der Waals surface area contributed by atoms with Gasteiger partial charge in [0.15, 0.2) is 11.4 Å². The number of rotatable bonds is 1. The van der Waals surface area contributed by atoms with Gasteiger partial charge < -0.3 is 4.57 Å². The lowest BCUT2D eigenvalue weighted by Gasteiger charge is -1.96. The summed E-state index contributed by atoms with van der Waals surface area (Å²) in [4.78, 5) is 14.6. The monoisotopic (exact) mass is 194 g/mol. The maximum absolute atomic E-state index is 10.7. The van der Waals surface area contributed by atoms with Crippen LogP contribution in [0.1, 0.15) is 10.4 Å². The molecule has 0 N–H and O–H groups in total. The van der Waals surface area contributed by atoms with Crippen LogP contribution in [-0.4, -0.2) is 15.8 Å². The van der Waals surface area contributed by atoms with Crippen LogP contribution in [0.3, 0.4) is 0 Å². The molecule has 0 unspecified atom stereocenters. The fourth-order valence-corrected chi connectivity index (χ4v) is 1.72. The van der Waals surface area contributed by atoms with Crippen LogP contribution < -0.4 is 0 Å². The van der Waals surface area contributed by atoms with E-state index in [-0.39, 0.29) is 0 Å². The van der Waals surface area contributed by atoms with Crippen LogP contribution in [0.4, 0.5) is 0 Å². The van der Waals surface area contributed by atoms with Gasteiger partial charge in [0, 0.05) is 30.4 Å². The van der Waals surface area contributed by atoms with E-state index in [1.54, 1.807) is 23.0 Å². The first-order chi connectivity index (χ1) is 6.24. The molecular formula is C9H7ClN2O. The Bertz CT molecular complexity index is 476. The quantitative estimate of drug-likeness (QED) is 0.514. The Balaban J connectivity index is 2.95. The maximum atomic E-state index is 10.7. The summed E-state index contributed by atoms with van der Waals surface area (Å²) in [5.41, 5.74) is 1.44. The highest BCUT2D eigenvalue weighted by molar-refractivity contribution is 6.34. The largest absolute Gasteiger partial charge is 0.347 e. The van der Waals surface area contributed by atoms with Crippen LogP contribution in [0.2, 0.25) is 5.15 Å². The number of hydrogen-bond donors (Lipinski definition) is 0. The van der Waals surface area contributed by atoms with Gasteiger partial charge in [0.2, 0.25) is 0 Å². The molecule has 2 heterocycles. The Kier molecular flexibility index (Phi) is 1.81. The smallest absolute Gasteiger partial charge is 0.153 e. The second-order valence-corrected chi connectivity index (χ2v) is 3.17. The van der Waals surface area contributed by atoms with Crippen molar-refractivity contribution in [1.82, 2.24) is 9.55 Å². The zero-order valence-electron chi connectivity index (χ0n) is 6.99. The van der Waals surface area contributed by atoms with Crippen molar-refractivity contribution < 1.29 is 4.79 Å². The number of fused-ring (bicyclic) bond motifs is 1. The molecule has 13 heavy (non-hydrogen) atoms. The summed E-state index contributed by atoms with van der Waals surface area (Å²) in [6.45, 7) is 0. The molecule has 66 valence electrons. The molecule has 0 radical (unpaired) electrons. The fraction of sp³-hybridized carbons (Fsp3) is 0.111. The standard InChI is InChI=1S/C9H7ClN2O/c1-12-4-6(5-13)7-2-3-11-9(10)8(7)12/h2-5H,1H3. The van der Waals surface area contributed by atoms with E-state index in [1.165, 1.54) is 0 Å². The summed E-state index contributed by atoms with van der Waals surface area (Å²) in [6, 6.07) is 1.78. The number of hydrogen-bond acceptors (Lipinski definition) is 2. The number of nitrogens with zero attached hydrogens (tertiary/aromatic N) is 2. The topological polar surface area (TPSA) is 34.9 Å². The molecule has 0 aliphatic rings. The molecule has 0 atom stereocenters. The molecular weight excluding hydrogens is 188 g/mol. The number of aromatic nitrogens is 2. The molecule has 2 aromatic heterocycles. The van der Waals surface area contributed by atoms with Gasteiger partial charge >= 0.3 is 0 Å². The molecule has 0 amide bonds. The minimum absolute atomic E-state index is 0.424. The maximum Gasteiger partial charge on any atom is 0.153 e. The number of halogens is 1. The molecule has 0 aliphatic heterocycles. The van der Waals surface area contributed by atoms with Gasteiger partial charge in [-0.1, -0.05) is 11.6 Å². The van der Waals surface area contributed by atoms with Crippen LogP contribution in [0, 0.1) is 0 Å². The molecule has 3 nitrogen and oxygen atoms in total. The lowest BCUT2D eigenvalue weighted by atomic mass is 10.2. The minimum Gasteiger partial charge on any atom is -0.347 e. The number of aldehydes is 1. The normalized spacial score (nSPS) is 10.6. The molecule has 0 aromatic carbocycles. The van der Waals surface area contributed by atoms with Gasteiger partial charge in [-0.15, -0.1) is 0 Å². The number of pyridine rings is 1. The number of carbonyl (C=O) groups excluding carboxylic acids is 1. The molecule has 0 saturated heterocycles. The Morgan fingerprint density at radius 3 is 3.08 bits per heavy atom. The predicted octanol–water partition coefficient (Wildman–Crippen LogP) is 2.04. The summed E-state index contributed by atoms with van der Waals surface area (Å²) in [7, 11) is 1.84. The minimum atomic E-state index is 0.424. The average molecular weight is 195 g/mol. The molecule has 0 saturated carbocycles. The van der Waals surface area contributed by atoms with Gasteiger partial charge in [-0.3, -0.25) is 4.79 Å². The third kappa shape index (κ3) is 1.12. The SMILES string of the molecule is Cn1cc(C=O)c2ccnc(Cl)c21. The van der Waals surface area contributed by atoms with Gasteiger partial charge in [-0.05, 0) is 6.07 Å². The van der Waals surface area contributed by atoms with Gasteiger partial charge in [-0.25, -0.2) is 4.98 Å². The lowest BCUT2D eigenvalue weighted by molar-refractivity contribution is 0.112. The van der Waals surface area contributed by atoms with Crippen molar-refractivity contribution in [3.05, 3.63) is 29.2 Å². The average Bonchev–Trinajstić information content (AvgIpc) is 2.44. The first kappa shape index (κ1) is 8.26. The van der Waals surface area contributed by atoms with Crippen molar-refractivity contribution in [2.45, 2.75) is 0 Å². The second-order valence-electron chi connectivity index (χ2n) is 2.81. The molecule has 2 rings (SSSR count). The summed E-state index contributed by atoms with van der Waals surface area (Å²) < 4.78 is 1.80. The first-order valence-corrected chi connectivity index (χ1v) is 4.16. The highest BCUT2D eigenvalue weighted by atomic mass is 35.5. The summed E-state index contributed by atoms with van der Waals surface area (Å²) in [5.74, 6) is 0. The van der Waals surface area contributed by atoms with Gasteiger partial charge in [0.1, 0.15) is 0 Å². The molecule has 2 aromatic rings. The third-order valence-corrected chi connectivity index (χ3v) is 2.28. The Morgan fingerprint density at radius 2 is 2.38 bits per heavy atom. The van der Waals surface area contributed by atoms with Crippen molar-refractivity contribution >= 4 is 28.8 Å². The molecule has 0 fully saturated rings. The van der Waals surface area contributed by atoms with Crippen molar-refractivity contribution in [2.24, 2.45) is 7.05 Å². The predicted molar refractivity (Wildman–Crippen MR) is 51.1 cm³/mol. The van der Waals surface area contributed by atoms with Crippen LogP contribution >= 0.6 is 11.6 Å². The Morgan fingerprint density at radius 1 is 1.62 bits per heavy atom. The molecule has 0 aliphatic carbocycles. The Hall–Kier alpha value is -1.35. The van der Waals surface area contributed by atoms with Crippen LogP contribution in [-0.2, 0) is 7.05 Å². The van der Waals surface area contributed by atoms with Crippen molar-refractivity contribution in [2.75, 3.05) is 0 Å². The van der Waals surface area contributed by atoms with Crippen LogP contribution in [0.25, 0.3) is 10.9 Å². The zero-order valence-corrected chi connectivity index (χ0v) is 7.75. The first-order valence-electron chi connectivity index (χ1n) is 3.78. The van der Waals surface area contributed by atoms with E-state index in [2.05, 4.69) is 4.98 Å². The van der Waals surface area contributed by atoms with Crippen LogP contribution in [0.15, 0.2) is 18.5 Å². The number of aryl methyl sites for hydroxylation is 1. The highest BCUT2D eigenvalue weighted by Gasteiger charge is 2.08. The molecule has 0 spiro atoms. The van der Waals surface area contributed by atoms with E-state index in [0.29, 0.717) is 10.7 Å². The van der Waals surface area contributed by atoms with E-state index in [4.69, 9.17) is 11.6 Å². The van der Waals surface area contributed by atoms with E-state index >= 15 is 0 Å². The van der Waals surface area contributed by atoms with E-state index in [0.717, 1.165) is 17.2 Å². The fourth-order valence-electron chi connectivity index (χ4n) is 1.43. The van der Waals surface area contributed by atoms with E-state index < -0.39 is 0 Å². The van der Waals surface area contributed by atoms with Gasteiger partial charge in [-0.2, -0.15) is 0 Å². The lowest BCUT2D eigenvalue weighted by Crippen LogP contribution is -1.85. The third-order valence-electron chi connectivity index (χ3n) is 2.00. The highest BCUT2D eigenvalue weighted by Crippen LogP contribution is 2.24. The zero-order chi connectivity index (χ0) is 9.42. The molecule has 4 heteroatoms. The second kappa shape index (κ2) is 2.85. The summed E-state index contributed by atoms with van der Waals surface area (Å²) in [6.07, 6.45) is 4.15. The van der Waals surface area contributed by atoms with Crippen molar-refractivity contribution in [1.29, 1.82) is 0 Å². The van der Waals surface area contributed by atoms with Crippen LogP contribution in [0.5, 0.6) is 0 Å². The van der Waals surface area contributed by atoms with Gasteiger partial charge in [0.25, 0.3) is 0 Å². The number of carbonyl (C=O) groups is 1. The van der Waals surface area contributed by atoms with E-state index in [9.17, 15) is 4.79 Å². The van der Waals surface area contributed by atoms with Gasteiger partial charge in [0.05, 0.1) is 5.52 Å². The summed E-state index contributed by atoms with van der Waals surface area (Å²) >= 11 is 5.88.